The van der Waals surface area contributed by atoms with Crippen molar-refractivity contribution in [3.63, 3.8) is 0 Å². The fourth-order valence-electron chi connectivity index (χ4n) is 1.76. The van der Waals surface area contributed by atoms with E-state index in [2.05, 4.69) is 5.92 Å². The number of ether oxygens (including phenoxy) is 3. The van der Waals surface area contributed by atoms with Crippen LogP contribution in [0.3, 0.4) is 0 Å². The smallest absolute Gasteiger partial charge is 0.161 e. The molecule has 0 aliphatic carbocycles. The van der Waals surface area contributed by atoms with Gasteiger partial charge >= 0.3 is 0 Å². The minimum Gasteiger partial charge on any atom is -0.497 e. The first-order chi connectivity index (χ1) is 9.76. The maximum Gasteiger partial charge on any atom is 0.161 e. The summed E-state index contributed by atoms with van der Waals surface area (Å²) in [5.41, 5.74) is 1.81. The highest BCUT2D eigenvalue weighted by atomic mass is 16.5. The summed E-state index contributed by atoms with van der Waals surface area (Å²) < 4.78 is 16.1. The van der Waals surface area contributed by atoms with Gasteiger partial charge in [-0.2, -0.15) is 0 Å². The molecule has 0 aliphatic rings. The van der Waals surface area contributed by atoms with Crippen molar-refractivity contribution >= 4 is 0 Å². The molecular formula is C17H16O3. The highest BCUT2D eigenvalue weighted by molar-refractivity contribution is 5.47. The zero-order chi connectivity index (χ0) is 14.4. The Bertz CT molecular complexity index is 609. The van der Waals surface area contributed by atoms with E-state index in [4.69, 9.17) is 20.6 Å². The number of rotatable bonds is 5. The van der Waals surface area contributed by atoms with E-state index in [1.807, 2.05) is 36.4 Å². The topological polar surface area (TPSA) is 27.7 Å². The molecule has 0 amide bonds. The van der Waals surface area contributed by atoms with Crippen LogP contribution in [0.1, 0.15) is 11.1 Å². The van der Waals surface area contributed by atoms with Crippen molar-refractivity contribution in [3.8, 4) is 29.6 Å². The molecular weight excluding hydrogens is 252 g/mol. The minimum absolute atomic E-state index is 0.454. The van der Waals surface area contributed by atoms with E-state index in [9.17, 15) is 0 Å². The van der Waals surface area contributed by atoms with Crippen LogP contribution >= 0.6 is 0 Å². The van der Waals surface area contributed by atoms with Crippen molar-refractivity contribution in [2.75, 3.05) is 14.2 Å². The molecule has 0 atom stereocenters. The predicted molar refractivity (Wildman–Crippen MR) is 78.3 cm³/mol. The zero-order valence-electron chi connectivity index (χ0n) is 11.6. The summed E-state index contributed by atoms with van der Waals surface area (Å²) in [5, 5.41) is 0. The molecule has 0 spiro atoms. The van der Waals surface area contributed by atoms with E-state index in [1.54, 1.807) is 20.3 Å². The molecule has 3 nitrogen and oxygen atoms in total. The van der Waals surface area contributed by atoms with Crippen LogP contribution in [-0.2, 0) is 6.61 Å². The third-order valence-electron chi connectivity index (χ3n) is 2.88. The average molecular weight is 268 g/mol. The molecule has 20 heavy (non-hydrogen) atoms. The number of benzene rings is 2. The maximum absolute atomic E-state index is 5.75. The third-order valence-corrected chi connectivity index (χ3v) is 2.88. The monoisotopic (exact) mass is 268 g/mol. The molecule has 2 aromatic rings. The van der Waals surface area contributed by atoms with Crippen molar-refractivity contribution in [3.05, 3.63) is 53.6 Å². The highest BCUT2D eigenvalue weighted by Crippen LogP contribution is 2.28. The fourth-order valence-corrected chi connectivity index (χ4v) is 1.76. The number of methoxy groups -OCH3 is 2. The largest absolute Gasteiger partial charge is 0.497 e. The lowest BCUT2D eigenvalue weighted by atomic mass is 10.2. The van der Waals surface area contributed by atoms with Gasteiger partial charge in [-0.15, -0.1) is 6.42 Å². The Hall–Kier alpha value is -2.60. The molecule has 3 heteroatoms. The Morgan fingerprint density at radius 1 is 0.950 bits per heavy atom. The van der Waals surface area contributed by atoms with Gasteiger partial charge in [0.1, 0.15) is 12.4 Å². The molecule has 0 unspecified atom stereocenters. The maximum atomic E-state index is 5.75. The Balaban J connectivity index is 2.08. The van der Waals surface area contributed by atoms with Crippen LogP contribution in [0.15, 0.2) is 42.5 Å². The van der Waals surface area contributed by atoms with Crippen molar-refractivity contribution in [1.29, 1.82) is 0 Å². The zero-order valence-corrected chi connectivity index (χ0v) is 11.6. The lowest BCUT2D eigenvalue weighted by Crippen LogP contribution is -1.98. The van der Waals surface area contributed by atoms with Crippen molar-refractivity contribution in [2.24, 2.45) is 0 Å². The molecule has 0 heterocycles. The number of terminal acetylenes is 1. The standard InChI is InChI=1S/C17H16O3/c1-4-13-7-10-16(17(11-13)19-3)20-12-14-5-8-15(18-2)9-6-14/h1,5-11H,12H2,2-3H3. The van der Waals surface area contributed by atoms with Gasteiger partial charge in [0.05, 0.1) is 14.2 Å². The van der Waals surface area contributed by atoms with Crippen LogP contribution in [0, 0.1) is 12.3 Å². The second kappa shape index (κ2) is 6.53. The van der Waals surface area contributed by atoms with E-state index >= 15 is 0 Å². The van der Waals surface area contributed by atoms with Gasteiger partial charge in [0, 0.05) is 5.56 Å². The first-order valence-electron chi connectivity index (χ1n) is 6.17. The van der Waals surface area contributed by atoms with E-state index in [0.717, 1.165) is 16.9 Å². The van der Waals surface area contributed by atoms with Crippen LogP contribution in [0.25, 0.3) is 0 Å². The van der Waals surface area contributed by atoms with Gasteiger partial charge < -0.3 is 14.2 Å². The summed E-state index contributed by atoms with van der Waals surface area (Å²) in [6.07, 6.45) is 5.36. The van der Waals surface area contributed by atoms with Crippen LogP contribution in [0.2, 0.25) is 0 Å². The van der Waals surface area contributed by atoms with Gasteiger partial charge in [-0.25, -0.2) is 0 Å². The van der Waals surface area contributed by atoms with Gasteiger partial charge in [0.15, 0.2) is 11.5 Å². The second-order valence-electron chi connectivity index (χ2n) is 4.15. The quantitative estimate of drug-likeness (QED) is 0.779. The van der Waals surface area contributed by atoms with Gasteiger partial charge in [0.2, 0.25) is 0 Å². The van der Waals surface area contributed by atoms with Crippen molar-refractivity contribution in [2.45, 2.75) is 6.61 Å². The lowest BCUT2D eigenvalue weighted by molar-refractivity contribution is 0.284. The van der Waals surface area contributed by atoms with Crippen molar-refractivity contribution < 1.29 is 14.2 Å². The van der Waals surface area contributed by atoms with Gasteiger partial charge in [-0.05, 0) is 35.9 Å². The first-order valence-corrected chi connectivity index (χ1v) is 6.17. The number of hydrogen-bond acceptors (Lipinski definition) is 3. The Kier molecular flexibility index (Phi) is 4.52. The minimum atomic E-state index is 0.454. The summed E-state index contributed by atoms with van der Waals surface area (Å²) in [6.45, 7) is 0.454. The lowest BCUT2D eigenvalue weighted by Gasteiger charge is -2.11. The molecule has 0 bridgehead atoms. The van der Waals surface area contributed by atoms with Gasteiger partial charge in [-0.3, -0.25) is 0 Å². The van der Waals surface area contributed by atoms with Crippen LogP contribution in [-0.4, -0.2) is 14.2 Å². The van der Waals surface area contributed by atoms with E-state index in [-0.39, 0.29) is 0 Å². The highest BCUT2D eigenvalue weighted by Gasteiger charge is 2.05. The summed E-state index contributed by atoms with van der Waals surface area (Å²) >= 11 is 0. The van der Waals surface area contributed by atoms with E-state index in [1.165, 1.54) is 0 Å². The molecule has 2 rings (SSSR count). The average Bonchev–Trinajstić information content (AvgIpc) is 2.53. The molecule has 0 saturated heterocycles. The molecule has 0 saturated carbocycles. The molecule has 0 N–H and O–H groups in total. The fraction of sp³-hybridized carbons (Fsp3) is 0.176. The molecule has 0 radical (unpaired) electrons. The van der Waals surface area contributed by atoms with Crippen molar-refractivity contribution in [1.82, 2.24) is 0 Å². The number of hydrogen-bond donors (Lipinski definition) is 0. The normalized spacial score (nSPS) is 9.65. The molecule has 102 valence electrons. The predicted octanol–water partition coefficient (Wildman–Crippen LogP) is 3.26. The van der Waals surface area contributed by atoms with Crippen LogP contribution in [0.5, 0.6) is 17.2 Å². The Labute approximate surface area is 119 Å². The molecule has 2 aromatic carbocycles. The summed E-state index contributed by atoms with van der Waals surface area (Å²) in [5.74, 6) is 4.69. The van der Waals surface area contributed by atoms with Crippen LogP contribution < -0.4 is 14.2 Å². The SMILES string of the molecule is C#Cc1ccc(OCc2ccc(OC)cc2)c(OC)c1. The third kappa shape index (κ3) is 3.24. The molecule has 0 aliphatic heterocycles. The first kappa shape index (κ1) is 13.8. The van der Waals surface area contributed by atoms with Crippen LogP contribution in [0.4, 0.5) is 0 Å². The molecule has 0 aromatic heterocycles. The summed E-state index contributed by atoms with van der Waals surface area (Å²) in [7, 11) is 3.24. The summed E-state index contributed by atoms with van der Waals surface area (Å²) in [6, 6.07) is 13.1. The second-order valence-corrected chi connectivity index (χ2v) is 4.15. The summed E-state index contributed by atoms with van der Waals surface area (Å²) in [4.78, 5) is 0. The Morgan fingerprint density at radius 2 is 1.70 bits per heavy atom. The molecule has 0 fully saturated rings. The van der Waals surface area contributed by atoms with Gasteiger partial charge in [0.25, 0.3) is 0 Å². The van der Waals surface area contributed by atoms with E-state index < -0.39 is 0 Å². The van der Waals surface area contributed by atoms with E-state index in [0.29, 0.717) is 18.1 Å². The Morgan fingerprint density at radius 3 is 2.30 bits per heavy atom. The van der Waals surface area contributed by atoms with Gasteiger partial charge in [-0.1, -0.05) is 18.1 Å².